The Kier molecular flexibility index (Phi) is 50500. The van der Waals surface area contributed by atoms with Gasteiger partial charge in [-0.15, -0.1) is 0 Å². The van der Waals surface area contributed by atoms with Crippen molar-refractivity contribution >= 4 is 13.6 Å². The van der Waals surface area contributed by atoms with Crippen molar-refractivity contribution in [3.8, 4) is 0 Å². The van der Waals surface area contributed by atoms with E-state index in [1.165, 1.54) is 0 Å². The van der Waals surface area contributed by atoms with E-state index < -0.39 is 0 Å². The van der Waals surface area contributed by atoms with Crippen LogP contribution in [0.15, 0.2) is 0 Å². The van der Waals surface area contributed by atoms with E-state index in [2.05, 4.69) is 13.6 Å². The zero-order valence-corrected chi connectivity index (χ0v) is 4.03. The Morgan fingerprint density at radius 1 is 0.800 bits per heavy atom. The van der Waals surface area contributed by atoms with Crippen LogP contribution < -0.4 is 0 Å². The van der Waals surface area contributed by atoms with Crippen LogP contribution in [0.3, 0.4) is 0 Å². The predicted molar refractivity (Wildman–Crippen MR) is 13.5 cm³/mol. The SMILES string of the molecule is [CH-]=O.[CH-]=O.[Ti+2]. The molecule has 26 valence electrons. The third-order valence-electron chi connectivity index (χ3n) is 0. The van der Waals surface area contributed by atoms with Gasteiger partial charge in [0.1, 0.15) is 0 Å². The van der Waals surface area contributed by atoms with Crippen LogP contribution >= 0.6 is 0 Å². The summed E-state index contributed by atoms with van der Waals surface area (Å²) in [6.07, 6.45) is 0. The Morgan fingerprint density at radius 3 is 0.800 bits per heavy atom. The second-order valence-electron chi connectivity index (χ2n) is 0. The fraction of sp³-hybridized carbons (Fsp3) is 0. The van der Waals surface area contributed by atoms with Crippen LogP contribution in [0.25, 0.3) is 0 Å². The molecule has 0 saturated carbocycles. The molecular weight excluding hydrogens is 104 g/mol. The first kappa shape index (κ1) is 19.7. The zero-order chi connectivity index (χ0) is 4.00. The molecule has 0 aliphatic rings. The monoisotopic (exact) mass is 106 g/mol. The van der Waals surface area contributed by atoms with E-state index >= 15 is 0 Å². The fourth-order valence-electron chi connectivity index (χ4n) is 0. The summed E-state index contributed by atoms with van der Waals surface area (Å²) in [5.41, 5.74) is 0. The molecule has 0 rings (SSSR count). The first-order valence-electron chi connectivity index (χ1n) is 0.471. The summed E-state index contributed by atoms with van der Waals surface area (Å²) < 4.78 is 0. The van der Waals surface area contributed by atoms with Gasteiger partial charge in [-0.05, 0) is 0 Å². The first-order valence-corrected chi connectivity index (χ1v) is 0.471. The molecule has 0 saturated heterocycles. The second kappa shape index (κ2) is 12800. The van der Waals surface area contributed by atoms with Crippen LogP contribution in [0, 0.1) is 0 Å². The van der Waals surface area contributed by atoms with Gasteiger partial charge < -0.3 is 9.59 Å². The molecule has 0 atom stereocenters. The molecule has 0 aliphatic heterocycles. The molecule has 3 heteroatoms. The van der Waals surface area contributed by atoms with Gasteiger partial charge in [-0.1, -0.05) is 0 Å². The van der Waals surface area contributed by atoms with Gasteiger partial charge in [-0.2, -0.15) is 0 Å². The predicted octanol–water partition coefficient (Wildman–Crippen LogP) is -0.551. The molecule has 0 amide bonds. The molecule has 0 fully saturated rings. The van der Waals surface area contributed by atoms with E-state index in [0.717, 1.165) is 0 Å². The van der Waals surface area contributed by atoms with E-state index in [0.29, 0.717) is 0 Å². The summed E-state index contributed by atoms with van der Waals surface area (Å²) >= 11 is 0. The molecule has 0 unspecified atom stereocenters. The maximum absolute atomic E-state index is 7.75. The Hall–Kier alpha value is 0.0543. The number of rotatable bonds is 0. The van der Waals surface area contributed by atoms with Gasteiger partial charge in [0, 0.05) is 0 Å². The summed E-state index contributed by atoms with van der Waals surface area (Å²) in [4.78, 5) is 15.5. The molecular formula is C2H2O2Ti. The summed E-state index contributed by atoms with van der Waals surface area (Å²) in [5, 5.41) is 0. The van der Waals surface area contributed by atoms with Crippen LogP contribution in [0.4, 0.5) is 0 Å². The molecule has 0 aromatic heterocycles. The third kappa shape index (κ3) is 5810. The summed E-state index contributed by atoms with van der Waals surface area (Å²) in [7, 11) is 0. The maximum Gasteiger partial charge on any atom is 2.00 e. The van der Waals surface area contributed by atoms with Gasteiger partial charge in [0.25, 0.3) is 0 Å². The molecule has 0 bridgehead atoms. The van der Waals surface area contributed by atoms with Gasteiger partial charge in [0.05, 0.1) is 0 Å². The van der Waals surface area contributed by atoms with Crippen molar-refractivity contribution in [2.24, 2.45) is 0 Å². The molecule has 0 aromatic rings. The van der Waals surface area contributed by atoms with Crippen molar-refractivity contribution in [3.05, 3.63) is 0 Å². The molecule has 0 radical (unpaired) electrons. The largest absolute Gasteiger partial charge is 2.00 e. The Bertz CT molecular complexity index is 9.61. The van der Waals surface area contributed by atoms with Crippen molar-refractivity contribution in [1.29, 1.82) is 0 Å². The summed E-state index contributed by atoms with van der Waals surface area (Å²) in [6.45, 7) is 6.50. The third-order valence-corrected chi connectivity index (χ3v) is 0. The van der Waals surface area contributed by atoms with E-state index in [1.54, 1.807) is 0 Å². The van der Waals surface area contributed by atoms with E-state index in [9.17, 15) is 0 Å². The minimum atomic E-state index is 0. The minimum absolute atomic E-state index is 0. The quantitative estimate of drug-likeness (QED) is 0.236. The topological polar surface area (TPSA) is 34.1 Å². The van der Waals surface area contributed by atoms with Crippen molar-refractivity contribution in [2.45, 2.75) is 0 Å². The average Bonchev–Trinajstić information content (AvgIpc) is 1.50. The van der Waals surface area contributed by atoms with Crippen LogP contribution in [0.2, 0.25) is 0 Å². The standard InChI is InChI=1S/2CHO.Ti/c2*1-2;/h2*1H;/q2*-1;+2. The molecule has 0 heterocycles. The van der Waals surface area contributed by atoms with Crippen LogP contribution in [0.1, 0.15) is 0 Å². The van der Waals surface area contributed by atoms with Gasteiger partial charge in [0.2, 0.25) is 0 Å². The van der Waals surface area contributed by atoms with Gasteiger partial charge in [0.15, 0.2) is 0 Å². The van der Waals surface area contributed by atoms with E-state index in [4.69, 9.17) is 9.59 Å². The van der Waals surface area contributed by atoms with Crippen LogP contribution in [-0.4, -0.2) is 13.6 Å². The molecule has 0 spiro atoms. The summed E-state index contributed by atoms with van der Waals surface area (Å²) in [5.74, 6) is 0. The zero-order valence-electron chi connectivity index (χ0n) is 2.47. The molecule has 0 aliphatic carbocycles. The maximum atomic E-state index is 7.75. The van der Waals surface area contributed by atoms with Gasteiger partial charge in [-0.3, -0.25) is 13.6 Å². The second-order valence-corrected chi connectivity index (χ2v) is 0. The van der Waals surface area contributed by atoms with E-state index in [1.807, 2.05) is 0 Å². The van der Waals surface area contributed by atoms with Gasteiger partial charge >= 0.3 is 21.7 Å². The number of hydrogen-bond donors (Lipinski definition) is 0. The van der Waals surface area contributed by atoms with Crippen LogP contribution in [-0.2, 0) is 31.3 Å². The first-order chi connectivity index (χ1) is 2.00. The van der Waals surface area contributed by atoms with Crippen molar-refractivity contribution in [3.63, 3.8) is 0 Å². The minimum Gasteiger partial charge on any atom is -0.545 e. The van der Waals surface area contributed by atoms with Crippen molar-refractivity contribution < 1.29 is 31.3 Å². The normalized spacial score (nSPS) is 1.60. The number of hydrogen-bond acceptors (Lipinski definition) is 2. The smallest absolute Gasteiger partial charge is 0.545 e. The molecule has 5 heavy (non-hydrogen) atoms. The summed E-state index contributed by atoms with van der Waals surface area (Å²) in [6, 6.07) is 0. The Labute approximate surface area is 45.4 Å². The molecule has 2 nitrogen and oxygen atoms in total. The van der Waals surface area contributed by atoms with Crippen LogP contribution in [0.5, 0.6) is 0 Å². The number of carbonyl (C=O) groups excluding carboxylic acids is 2. The fourth-order valence-corrected chi connectivity index (χ4v) is 0. The van der Waals surface area contributed by atoms with E-state index in [-0.39, 0.29) is 21.7 Å². The molecule has 0 N–H and O–H groups in total. The molecule has 0 aromatic carbocycles. The Morgan fingerprint density at radius 2 is 0.800 bits per heavy atom. The Balaban J connectivity index is -0.0000000133. The van der Waals surface area contributed by atoms with Crippen molar-refractivity contribution in [2.75, 3.05) is 0 Å². The van der Waals surface area contributed by atoms with Crippen molar-refractivity contribution in [1.82, 2.24) is 0 Å². The van der Waals surface area contributed by atoms with Gasteiger partial charge in [-0.25, -0.2) is 0 Å². The average molecular weight is 106 g/mol.